The number of benzene rings is 3. The van der Waals surface area contributed by atoms with Gasteiger partial charge in [-0.3, -0.25) is 4.79 Å². The molecule has 0 aliphatic rings. The van der Waals surface area contributed by atoms with Gasteiger partial charge in [-0.25, -0.2) is 5.43 Å². The van der Waals surface area contributed by atoms with E-state index < -0.39 is 0 Å². The van der Waals surface area contributed by atoms with Crippen LogP contribution in [-0.2, 0) is 10.2 Å². The Bertz CT molecular complexity index is 1370. The summed E-state index contributed by atoms with van der Waals surface area (Å²) in [5.74, 6) is 1.59. The number of rotatable bonds is 8. The molecule has 0 saturated carbocycles. The van der Waals surface area contributed by atoms with Crippen LogP contribution in [0.4, 0.5) is 0 Å². The fourth-order valence-electron chi connectivity index (χ4n) is 3.59. The number of carbonyl (C=O) groups is 1. The van der Waals surface area contributed by atoms with Crippen LogP contribution in [0.1, 0.15) is 31.9 Å². The summed E-state index contributed by atoms with van der Waals surface area (Å²) in [4.78, 5) is 12.5. The SMILES string of the molecule is COc1ccc(-[n+]2c(SCC(=O)N/N=C/c3ccc(O)cc3)n[nH]c2-c2ccc(C(C)(C)C)cc2)cc1. The lowest BCUT2D eigenvalue weighted by molar-refractivity contribution is -0.625. The summed E-state index contributed by atoms with van der Waals surface area (Å²) in [6.07, 6.45) is 1.52. The van der Waals surface area contributed by atoms with Gasteiger partial charge in [0.15, 0.2) is 0 Å². The third-order valence-electron chi connectivity index (χ3n) is 5.66. The van der Waals surface area contributed by atoms with Crippen molar-refractivity contribution in [1.82, 2.24) is 15.6 Å². The molecule has 0 radical (unpaired) electrons. The Morgan fingerprint density at radius 3 is 2.38 bits per heavy atom. The van der Waals surface area contributed by atoms with E-state index in [4.69, 9.17) is 4.74 Å². The standard InChI is InChI=1S/C28H29N5O3S/c1-28(2,3)21-9-7-20(8-10-21)26-31-32-27(33(26)22-11-15-24(36-4)16-12-22)37-18-25(35)30-29-17-19-5-13-23(34)14-6-19/h5-17H,18H2,1-4H3,(H2,29,30,34,35)/p+1. The van der Waals surface area contributed by atoms with Gasteiger partial charge in [-0.2, -0.15) is 9.67 Å². The van der Waals surface area contributed by atoms with E-state index in [1.54, 1.807) is 31.4 Å². The minimum absolute atomic E-state index is 0.0532. The lowest BCUT2D eigenvalue weighted by Crippen LogP contribution is -2.34. The summed E-state index contributed by atoms with van der Waals surface area (Å²) < 4.78 is 7.30. The summed E-state index contributed by atoms with van der Waals surface area (Å²) in [5, 5.41) is 21.7. The average molecular weight is 517 g/mol. The normalized spacial score (nSPS) is 11.6. The number of hydrogen-bond acceptors (Lipinski definition) is 6. The van der Waals surface area contributed by atoms with E-state index in [9.17, 15) is 9.90 Å². The maximum atomic E-state index is 12.5. The Labute approximate surface area is 220 Å². The number of nitrogens with one attached hydrogen (secondary N) is 2. The molecule has 3 N–H and O–H groups in total. The number of ether oxygens (including phenoxy) is 1. The molecule has 1 heterocycles. The highest BCUT2D eigenvalue weighted by Crippen LogP contribution is 2.26. The van der Waals surface area contributed by atoms with E-state index in [0.717, 1.165) is 28.4 Å². The maximum absolute atomic E-state index is 12.5. The summed E-state index contributed by atoms with van der Waals surface area (Å²) in [5.41, 5.74) is 6.45. The number of phenols is 1. The molecular weight excluding hydrogens is 486 g/mol. The number of aromatic hydroxyl groups is 1. The first-order chi connectivity index (χ1) is 17.7. The first-order valence-corrected chi connectivity index (χ1v) is 12.7. The van der Waals surface area contributed by atoms with Crippen molar-refractivity contribution in [3.05, 3.63) is 83.9 Å². The van der Waals surface area contributed by atoms with Crippen molar-refractivity contribution >= 4 is 23.9 Å². The molecule has 8 nitrogen and oxygen atoms in total. The maximum Gasteiger partial charge on any atom is 0.342 e. The largest absolute Gasteiger partial charge is 0.508 e. The Hall–Kier alpha value is -4.11. The van der Waals surface area contributed by atoms with Crippen LogP contribution in [0, 0.1) is 0 Å². The molecule has 0 unspecified atom stereocenters. The monoisotopic (exact) mass is 516 g/mol. The molecule has 0 fully saturated rings. The van der Waals surface area contributed by atoms with Crippen molar-refractivity contribution in [2.45, 2.75) is 31.3 Å². The number of nitrogens with zero attached hydrogens (tertiary/aromatic N) is 3. The van der Waals surface area contributed by atoms with E-state index in [2.05, 4.69) is 65.8 Å². The second-order valence-corrected chi connectivity index (χ2v) is 10.3. The van der Waals surface area contributed by atoms with Crippen LogP contribution in [0.3, 0.4) is 0 Å². The second kappa shape index (κ2) is 11.3. The van der Waals surface area contributed by atoms with Gasteiger partial charge in [-0.15, -0.1) is 5.10 Å². The highest BCUT2D eigenvalue weighted by Gasteiger charge is 2.25. The molecule has 0 aliphatic carbocycles. The first-order valence-electron chi connectivity index (χ1n) is 11.7. The van der Waals surface area contributed by atoms with Gasteiger partial charge >= 0.3 is 5.16 Å². The third kappa shape index (κ3) is 6.56. The number of amides is 1. The van der Waals surface area contributed by atoms with Crippen LogP contribution >= 0.6 is 11.8 Å². The zero-order valence-electron chi connectivity index (χ0n) is 21.2. The molecule has 37 heavy (non-hydrogen) atoms. The molecule has 190 valence electrons. The minimum Gasteiger partial charge on any atom is -0.508 e. The van der Waals surface area contributed by atoms with Crippen LogP contribution in [0.25, 0.3) is 17.1 Å². The number of hydrogen-bond donors (Lipinski definition) is 3. The van der Waals surface area contributed by atoms with Crippen molar-refractivity contribution in [1.29, 1.82) is 0 Å². The van der Waals surface area contributed by atoms with Crippen LogP contribution < -0.4 is 14.7 Å². The fourth-order valence-corrected chi connectivity index (χ4v) is 4.35. The Balaban J connectivity index is 1.54. The molecule has 4 rings (SSSR count). The fraction of sp³-hybridized carbons (Fsp3) is 0.214. The van der Waals surface area contributed by atoms with Gasteiger partial charge in [0.25, 0.3) is 11.7 Å². The van der Waals surface area contributed by atoms with E-state index in [1.807, 2.05) is 28.8 Å². The lowest BCUT2D eigenvalue weighted by atomic mass is 9.87. The second-order valence-electron chi connectivity index (χ2n) is 9.39. The molecule has 1 aromatic heterocycles. The Morgan fingerprint density at radius 1 is 1.08 bits per heavy atom. The van der Waals surface area contributed by atoms with Gasteiger partial charge in [0, 0.05) is 0 Å². The molecule has 4 aromatic rings. The highest BCUT2D eigenvalue weighted by molar-refractivity contribution is 7.99. The molecule has 0 spiro atoms. The number of methoxy groups -OCH3 is 1. The predicted octanol–water partition coefficient (Wildman–Crippen LogP) is 4.61. The van der Waals surface area contributed by atoms with Crippen molar-refractivity contribution in [3.8, 4) is 28.6 Å². The smallest absolute Gasteiger partial charge is 0.342 e. The van der Waals surface area contributed by atoms with E-state index in [-0.39, 0.29) is 22.8 Å². The molecule has 9 heteroatoms. The van der Waals surface area contributed by atoms with Crippen LogP contribution in [0.2, 0.25) is 0 Å². The van der Waals surface area contributed by atoms with Crippen molar-refractivity contribution in [2.75, 3.05) is 12.9 Å². The number of aromatic amines is 1. The van der Waals surface area contributed by atoms with Crippen LogP contribution in [0.15, 0.2) is 83.1 Å². The van der Waals surface area contributed by atoms with E-state index in [0.29, 0.717) is 5.16 Å². The van der Waals surface area contributed by atoms with Crippen molar-refractivity contribution in [3.63, 3.8) is 0 Å². The van der Waals surface area contributed by atoms with Crippen molar-refractivity contribution < 1.29 is 19.2 Å². The Kier molecular flexibility index (Phi) is 7.93. The number of H-pyrrole nitrogens is 1. The third-order valence-corrected chi connectivity index (χ3v) is 6.59. The molecular formula is C28H30N5O3S+. The molecule has 0 saturated heterocycles. The highest BCUT2D eigenvalue weighted by atomic mass is 32.2. The van der Waals surface area contributed by atoms with Gasteiger partial charge in [-0.05, 0) is 89.0 Å². The van der Waals surface area contributed by atoms with E-state index >= 15 is 0 Å². The number of hydrazone groups is 1. The molecule has 3 aromatic carbocycles. The topological polar surface area (TPSA) is 103 Å². The lowest BCUT2D eigenvalue weighted by Gasteiger charge is -2.18. The van der Waals surface area contributed by atoms with Gasteiger partial charge in [0.2, 0.25) is 0 Å². The molecule has 0 atom stereocenters. The van der Waals surface area contributed by atoms with Crippen LogP contribution in [-0.4, -0.2) is 40.3 Å². The zero-order valence-corrected chi connectivity index (χ0v) is 22.0. The first kappa shape index (κ1) is 26.0. The Morgan fingerprint density at radius 2 is 1.76 bits per heavy atom. The van der Waals surface area contributed by atoms with Gasteiger partial charge in [-0.1, -0.05) is 32.9 Å². The summed E-state index contributed by atoms with van der Waals surface area (Å²) in [7, 11) is 1.63. The van der Waals surface area contributed by atoms with Gasteiger partial charge in [0.05, 0.1) is 29.7 Å². The summed E-state index contributed by atoms with van der Waals surface area (Å²) >= 11 is 1.30. The van der Waals surface area contributed by atoms with Crippen LogP contribution in [0.5, 0.6) is 11.5 Å². The molecule has 0 aliphatic heterocycles. The van der Waals surface area contributed by atoms with E-state index in [1.165, 1.54) is 23.5 Å². The number of carbonyl (C=O) groups excluding carboxylic acids is 1. The van der Waals surface area contributed by atoms with Gasteiger partial charge in [0.1, 0.15) is 17.2 Å². The van der Waals surface area contributed by atoms with Gasteiger partial charge < -0.3 is 9.84 Å². The van der Waals surface area contributed by atoms with Crippen molar-refractivity contribution in [2.24, 2.45) is 5.10 Å². The minimum atomic E-state index is -0.264. The average Bonchev–Trinajstić information content (AvgIpc) is 3.32. The summed E-state index contributed by atoms with van der Waals surface area (Å²) in [6, 6.07) is 22.6. The summed E-state index contributed by atoms with van der Waals surface area (Å²) in [6.45, 7) is 6.55. The predicted molar refractivity (Wildman–Crippen MR) is 145 cm³/mol. The number of phenolic OH excluding ortho intramolecular Hbond substituents is 1. The molecule has 1 amide bonds. The number of thioether (sulfide) groups is 1. The number of aromatic nitrogens is 3. The zero-order chi connectivity index (χ0) is 26.4. The quantitative estimate of drug-likeness (QED) is 0.137. The molecule has 0 bridgehead atoms.